The molecule has 0 saturated carbocycles. The van der Waals surface area contributed by atoms with Gasteiger partial charge in [-0.3, -0.25) is 4.79 Å². The number of likely N-dealkylation sites (tertiary alicyclic amines) is 1. The Hall–Kier alpha value is -3.12. The predicted octanol–water partition coefficient (Wildman–Crippen LogP) is 2.97. The summed E-state index contributed by atoms with van der Waals surface area (Å²) in [6.07, 6.45) is 0.951. The SMILES string of the molecule is COc1ccc(-c2cc(C(=O)N3CCC(CN)C3)nn2-c2ccccc2)cc1. The van der Waals surface area contributed by atoms with Gasteiger partial charge in [-0.15, -0.1) is 0 Å². The summed E-state index contributed by atoms with van der Waals surface area (Å²) in [7, 11) is 1.64. The first-order valence-electron chi connectivity index (χ1n) is 9.49. The smallest absolute Gasteiger partial charge is 0.274 e. The number of methoxy groups -OCH3 is 1. The molecule has 2 aromatic carbocycles. The molecule has 1 unspecified atom stereocenters. The van der Waals surface area contributed by atoms with E-state index in [1.807, 2.05) is 70.2 Å². The number of amides is 1. The lowest BCUT2D eigenvalue weighted by Crippen LogP contribution is -2.30. The van der Waals surface area contributed by atoms with E-state index in [0.717, 1.165) is 35.7 Å². The second kappa shape index (κ2) is 7.86. The highest BCUT2D eigenvalue weighted by Crippen LogP contribution is 2.27. The van der Waals surface area contributed by atoms with Crippen molar-refractivity contribution in [3.63, 3.8) is 0 Å². The molecule has 3 aromatic rings. The third-order valence-corrected chi connectivity index (χ3v) is 5.22. The molecule has 28 heavy (non-hydrogen) atoms. The van der Waals surface area contributed by atoms with Crippen LogP contribution < -0.4 is 10.5 Å². The summed E-state index contributed by atoms with van der Waals surface area (Å²) in [5, 5.41) is 4.66. The van der Waals surface area contributed by atoms with Crippen molar-refractivity contribution in [3.8, 4) is 22.7 Å². The van der Waals surface area contributed by atoms with Crippen molar-refractivity contribution in [2.24, 2.45) is 11.7 Å². The Bertz CT molecular complexity index is 950. The van der Waals surface area contributed by atoms with Crippen molar-refractivity contribution >= 4 is 5.91 Å². The second-order valence-corrected chi connectivity index (χ2v) is 7.03. The maximum absolute atomic E-state index is 13.0. The molecule has 0 radical (unpaired) electrons. The van der Waals surface area contributed by atoms with Gasteiger partial charge >= 0.3 is 0 Å². The molecule has 0 bridgehead atoms. The lowest BCUT2D eigenvalue weighted by atomic mass is 10.1. The fourth-order valence-corrected chi connectivity index (χ4v) is 3.59. The zero-order valence-electron chi connectivity index (χ0n) is 15.9. The molecule has 1 aliphatic heterocycles. The fourth-order valence-electron chi connectivity index (χ4n) is 3.59. The maximum atomic E-state index is 13.0. The number of carbonyl (C=O) groups excluding carboxylic acids is 1. The minimum Gasteiger partial charge on any atom is -0.497 e. The van der Waals surface area contributed by atoms with Crippen molar-refractivity contribution in [1.82, 2.24) is 14.7 Å². The van der Waals surface area contributed by atoms with Crippen LogP contribution in [0.25, 0.3) is 16.9 Å². The Morgan fingerprint density at radius 2 is 1.93 bits per heavy atom. The maximum Gasteiger partial charge on any atom is 0.274 e. The Kier molecular flexibility index (Phi) is 5.12. The number of ether oxygens (including phenoxy) is 1. The van der Waals surface area contributed by atoms with Crippen LogP contribution in [0.4, 0.5) is 0 Å². The number of para-hydroxylation sites is 1. The molecule has 2 N–H and O–H groups in total. The quantitative estimate of drug-likeness (QED) is 0.743. The summed E-state index contributed by atoms with van der Waals surface area (Å²) in [6.45, 7) is 2.04. The summed E-state index contributed by atoms with van der Waals surface area (Å²) in [4.78, 5) is 14.9. The summed E-state index contributed by atoms with van der Waals surface area (Å²) in [6, 6.07) is 19.5. The normalized spacial score (nSPS) is 16.4. The van der Waals surface area contributed by atoms with E-state index in [1.165, 1.54) is 0 Å². The van der Waals surface area contributed by atoms with Crippen molar-refractivity contribution in [3.05, 3.63) is 66.4 Å². The van der Waals surface area contributed by atoms with Gasteiger partial charge in [0.05, 0.1) is 18.5 Å². The Labute approximate surface area is 164 Å². The van der Waals surface area contributed by atoms with Gasteiger partial charge in [0, 0.05) is 18.7 Å². The van der Waals surface area contributed by atoms with E-state index in [4.69, 9.17) is 10.5 Å². The highest BCUT2D eigenvalue weighted by molar-refractivity contribution is 5.94. The van der Waals surface area contributed by atoms with Crippen LogP contribution in [0, 0.1) is 5.92 Å². The van der Waals surface area contributed by atoms with E-state index in [2.05, 4.69) is 5.10 Å². The van der Waals surface area contributed by atoms with Crippen LogP contribution in [0.5, 0.6) is 5.75 Å². The average molecular weight is 376 g/mol. The van der Waals surface area contributed by atoms with Crippen LogP contribution >= 0.6 is 0 Å². The van der Waals surface area contributed by atoms with Gasteiger partial charge in [0.1, 0.15) is 5.75 Å². The number of hydrogen-bond donors (Lipinski definition) is 1. The van der Waals surface area contributed by atoms with Crippen molar-refractivity contribution in [1.29, 1.82) is 0 Å². The van der Waals surface area contributed by atoms with Crippen molar-refractivity contribution in [2.75, 3.05) is 26.7 Å². The molecular formula is C22H24N4O2. The molecule has 1 fully saturated rings. The first-order valence-corrected chi connectivity index (χ1v) is 9.49. The zero-order valence-corrected chi connectivity index (χ0v) is 15.9. The van der Waals surface area contributed by atoms with Crippen LogP contribution in [-0.4, -0.2) is 47.3 Å². The van der Waals surface area contributed by atoms with E-state index in [9.17, 15) is 4.79 Å². The number of benzene rings is 2. The predicted molar refractivity (Wildman–Crippen MR) is 109 cm³/mol. The summed E-state index contributed by atoms with van der Waals surface area (Å²) in [5.41, 5.74) is 8.97. The minimum atomic E-state index is -0.0413. The standard InChI is InChI=1S/C22H24N4O2/c1-28-19-9-7-17(8-10-19)21-13-20(22(27)25-12-11-16(14-23)15-25)24-26(21)18-5-3-2-4-6-18/h2-10,13,16H,11-12,14-15,23H2,1H3. The molecule has 0 aliphatic carbocycles. The second-order valence-electron chi connectivity index (χ2n) is 7.03. The highest BCUT2D eigenvalue weighted by atomic mass is 16.5. The van der Waals surface area contributed by atoms with Crippen LogP contribution in [0.3, 0.4) is 0 Å². The third-order valence-electron chi connectivity index (χ3n) is 5.22. The van der Waals surface area contributed by atoms with Gasteiger partial charge in [-0.2, -0.15) is 5.10 Å². The fraction of sp³-hybridized carbons (Fsp3) is 0.273. The van der Waals surface area contributed by atoms with E-state index in [-0.39, 0.29) is 5.91 Å². The van der Waals surface area contributed by atoms with Crippen LogP contribution in [-0.2, 0) is 0 Å². The van der Waals surface area contributed by atoms with Crippen LogP contribution in [0.15, 0.2) is 60.7 Å². The Morgan fingerprint density at radius 3 is 2.57 bits per heavy atom. The largest absolute Gasteiger partial charge is 0.497 e. The Morgan fingerprint density at radius 1 is 1.18 bits per heavy atom. The lowest BCUT2D eigenvalue weighted by Gasteiger charge is -2.14. The topological polar surface area (TPSA) is 73.4 Å². The monoisotopic (exact) mass is 376 g/mol. The summed E-state index contributed by atoms with van der Waals surface area (Å²) in [5.74, 6) is 1.12. The summed E-state index contributed by atoms with van der Waals surface area (Å²) >= 11 is 0. The molecular weight excluding hydrogens is 352 g/mol. The number of rotatable bonds is 5. The molecule has 2 heterocycles. The van der Waals surface area contributed by atoms with Gasteiger partial charge in [0.2, 0.25) is 0 Å². The Balaban J connectivity index is 1.73. The molecule has 4 rings (SSSR count). The van der Waals surface area contributed by atoms with Gasteiger partial charge in [-0.1, -0.05) is 18.2 Å². The van der Waals surface area contributed by atoms with Gasteiger partial charge in [-0.25, -0.2) is 4.68 Å². The van der Waals surface area contributed by atoms with Crippen LogP contribution in [0.2, 0.25) is 0 Å². The van der Waals surface area contributed by atoms with E-state index in [0.29, 0.717) is 24.7 Å². The molecule has 1 aromatic heterocycles. The van der Waals surface area contributed by atoms with Crippen LogP contribution in [0.1, 0.15) is 16.9 Å². The first-order chi connectivity index (χ1) is 13.7. The first kappa shape index (κ1) is 18.3. The molecule has 6 heteroatoms. The average Bonchev–Trinajstić information content (AvgIpc) is 3.41. The molecule has 144 valence electrons. The lowest BCUT2D eigenvalue weighted by molar-refractivity contribution is 0.0781. The van der Waals surface area contributed by atoms with Gasteiger partial charge < -0.3 is 15.4 Å². The van der Waals surface area contributed by atoms with E-state index in [1.54, 1.807) is 7.11 Å². The van der Waals surface area contributed by atoms with Gasteiger partial charge in [0.15, 0.2) is 5.69 Å². The summed E-state index contributed by atoms with van der Waals surface area (Å²) < 4.78 is 7.08. The molecule has 1 aliphatic rings. The molecule has 1 atom stereocenters. The van der Waals surface area contributed by atoms with E-state index < -0.39 is 0 Å². The van der Waals surface area contributed by atoms with Crippen molar-refractivity contribution in [2.45, 2.75) is 6.42 Å². The number of nitrogens with zero attached hydrogens (tertiary/aromatic N) is 3. The number of hydrogen-bond acceptors (Lipinski definition) is 4. The molecule has 0 spiro atoms. The van der Waals surface area contributed by atoms with Crippen molar-refractivity contribution < 1.29 is 9.53 Å². The third kappa shape index (κ3) is 3.51. The van der Waals surface area contributed by atoms with E-state index >= 15 is 0 Å². The molecule has 6 nitrogen and oxygen atoms in total. The van der Waals surface area contributed by atoms with Gasteiger partial charge in [0.25, 0.3) is 5.91 Å². The molecule has 1 amide bonds. The minimum absolute atomic E-state index is 0.0413. The molecule has 1 saturated heterocycles. The number of aromatic nitrogens is 2. The number of carbonyl (C=O) groups is 1. The zero-order chi connectivity index (χ0) is 19.5. The number of nitrogens with two attached hydrogens (primary N) is 1. The highest BCUT2D eigenvalue weighted by Gasteiger charge is 2.28. The van der Waals surface area contributed by atoms with Gasteiger partial charge in [-0.05, 0) is 61.3 Å².